The molecule has 1 atom stereocenters. The van der Waals surface area contributed by atoms with E-state index < -0.39 is 11.9 Å². The molecule has 5 rings (SSSR count). The Morgan fingerprint density at radius 2 is 1.78 bits per heavy atom. The smallest absolute Gasteiger partial charge is 0.255 e. The normalized spacial score (nSPS) is 20.5. The molecule has 2 fully saturated rings. The molecule has 0 spiro atoms. The predicted molar refractivity (Wildman–Crippen MR) is 138 cm³/mol. The quantitative estimate of drug-likeness (QED) is 0.436. The molecule has 2 aromatic rings. The monoisotopic (exact) mass is 530 g/mol. The van der Waals surface area contributed by atoms with E-state index >= 15 is 0 Å². The van der Waals surface area contributed by atoms with E-state index in [9.17, 15) is 14.4 Å². The van der Waals surface area contributed by atoms with E-state index in [0.29, 0.717) is 40.9 Å². The van der Waals surface area contributed by atoms with Crippen LogP contribution in [0.25, 0.3) is 0 Å². The maximum Gasteiger partial charge on any atom is 0.255 e. The molecule has 3 aliphatic rings. The van der Waals surface area contributed by atoms with Crippen molar-refractivity contribution in [2.24, 2.45) is 0 Å². The highest BCUT2D eigenvalue weighted by molar-refractivity contribution is 6.43. The van der Waals surface area contributed by atoms with Crippen LogP contribution in [0, 0.1) is 0 Å². The van der Waals surface area contributed by atoms with Gasteiger partial charge >= 0.3 is 0 Å². The van der Waals surface area contributed by atoms with Crippen molar-refractivity contribution in [3.8, 4) is 5.75 Å². The highest BCUT2D eigenvalue weighted by atomic mass is 35.5. The maximum atomic E-state index is 13.0. The first kappa shape index (κ1) is 24.9. The summed E-state index contributed by atoms with van der Waals surface area (Å²) in [6.07, 6.45) is 1.43. The number of halogens is 2. The number of nitrogens with one attached hydrogen (secondary N) is 1. The highest BCUT2D eigenvalue weighted by Crippen LogP contribution is 2.34. The van der Waals surface area contributed by atoms with E-state index in [4.69, 9.17) is 27.9 Å². The fourth-order valence-corrected chi connectivity index (χ4v) is 5.53. The number of carbonyl (C=O) groups is 3. The summed E-state index contributed by atoms with van der Waals surface area (Å²) in [7, 11) is 0. The first-order chi connectivity index (χ1) is 17.4. The minimum Gasteiger partial charge on any atom is -0.493 e. The summed E-state index contributed by atoms with van der Waals surface area (Å²) in [6, 6.07) is 10.5. The number of benzene rings is 2. The summed E-state index contributed by atoms with van der Waals surface area (Å²) in [6.45, 7) is 5.37. The lowest BCUT2D eigenvalue weighted by molar-refractivity contribution is -0.136. The van der Waals surface area contributed by atoms with Gasteiger partial charge in [0.2, 0.25) is 11.8 Å². The van der Waals surface area contributed by atoms with Crippen molar-refractivity contribution in [1.82, 2.24) is 15.1 Å². The molecule has 0 saturated carbocycles. The average Bonchev–Trinajstić information content (AvgIpc) is 3.21. The molecule has 10 heteroatoms. The van der Waals surface area contributed by atoms with E-state index in [2.05, 4.69) is 15.1 Å². The molecule has 3 aliphatic heterocycles. The Hall–Kier alpha value is -2.81. The van der Waals surface area contributed by atoms with E-state index in [1.165, 1.54) is 0 Å². The summed E-state index contributed by atoms with van der Waals surface area (Å²) in [4.78, 5) is 42.9. The molecule has 8 nitrogen and oxygen atoms in total. The minimum atomic E-state index is -0.629. The zero-order chi connectivity index (χ0) is 25.2. The Kier molecular flexibility index (Phi) is 7.37. The van der Waals surface area contributed by atoms with Gasteiger partial charge in [-0.3, -0.25) is 24.6 Å². The molecule has 2 saturated heterocycles. The summed E-state index contributed by atoms with van der Waals surface area (Å²) in [5.41, 5.74) is 2.35. The number of amides is 3. The molecule has 0 aromatic heterocycles. The molecule has 0 radical (unpaired) electrons. The van der Waals surface area contributed by atoms with E-state index in [-0.39, 0.29) is 18.2 Å². The van der Waals surface area contributed by atoms with Crippen LogP contribution < -0.4 is 15.0 Å². The molecule has 0 aliphatic carbocycles. The van der Waals surface area contributed by atoms with Crippen LogP contribution in [-0.2, 0) is 16.1 Å². The minimum absolute atomic E-state index is 0.192. The van der Waals surface area contributed by atoms with Crippen molar-refractivity contribution in [3.63, 3.8) is 0 Å². The van der Waals surface area contributed by atoms with Crippen LogP contribution in [-0.4, -0.2) is 72.9 Å². The van der Waals surface area contributed by atoms with Gasteiger partial charge in [-0.15, -0.1) is 0 Å². The van der Waals surface area contributed by atoms with Crippen molar-refractivity contribution >= 4 is 46.6 Å². The number of anilines is 1. The molecule has 2 aromatic carbocycles. The van der Waals surface area contributed by atoms with Crippen molar-refractivity contribution in [3.05, 3.63) is 57.6 Å². The lowest BCUT2D eigenvalue weighted by Crippen LogP contribution is -2.52. The van der Waals surface area contributed by atoms with Gasteiger partial charge in [-0.05, 0) is 37.1 Å². The van der Waals surface area contributed by atoms with Crippen LogP contribution >= 0.6 is 23.2 Å². The van der Waals surface area contributed by atoms with Gasteiger partial charge in [0.15, 0.2) is 0 Å². The Labute approximate surface area is 220 Å². The number of imide groups is 1. The van der Waals surface area contributed by atoms with Gasteiger partial charge in [0, 0.05) is 50.3 Å². The van der Waals surface area contributed by atoms with Gasteiger partial charge in [-0.1, -0.05) is 35.3 Å². The lowest BCUT2D eigenvalue weighted by Gasteiger charge is -2.36. The predicted octanol–water partition coefficient (Wildman–Crippen LogP) is 3.35. The Balaban J connectivity index is 1.11. The average molecular weight is 531 g/mol. The van der Waals surface area contributed by atoms with Crippen LogP contribution in [0.1, 0.15) is 35.2 Å². The molecule has 36 heavy (non-hydrogen) atoms. The Morgan fingerprint density at radius 3 is 2.56 bits per heavy atom. The molecular weight excluding hydrogens is 503 g/mol. The zero-order valence-corrected chi connectivity index (χ0v) is 21.4. The summed E-state index contributed by atoms with van der Waals surface area (Å²) in [5.74, 6) is -0.217. The third-order valence-corrected chi connectivity index (χ3v) is 7.87. The lowest BCUT2D eigenvalue weighted by atomic mass is 10.0. The zero-order valence-electron chi connectivity index (χ0n) is 19.8. The summed E-state index contributed by atoms with van der Waals surface area (Å²) < 4.78 is 6.08. The van der Waals surface area contributed by atoms with Gasteiger partial charge in [-0.2, -0.15) is 0 Å². The fourth-order valence-electron chi connectivity index (χ4n) is 5.11. The number of rotatable bonds is 7. The molecular formula is C26H28Cl2N4O4. The molecule has 1 N–H and O–H groups in total. The second-order valence-corrected chi connectivity index (χ2v) is 10.1. The third kappa shape index (κ3) is 5.03. The van der Waals surface area contributed by atoms with Gasteiger partial charge in [0.05, 0.1) is 28.9 Å². The van der Waals surface area contributed by atoms with E-state index in [1.807, 2.05) is 18.2 Å². The molecule has 190 valence electrons. The summed E-state index contributed by atoms with van der Waals surface area (Å²) in [5, 5.41) is 3.51. The van der Waals surface area contributed by atoms with Crippen molar-refractivity contribution in [2.45, 2.75) is 31.8 Å². The number of piperazine rings is 1. The van der Waals surface area contributed by atoms with E-state index in [0.717, 1.165) is 50.4 Å². The van der Waals surface area contributed by atoms with Crippen molar-refractivity contribution in [1.29, 1.82) is 0 Å². The van der Waals surface area contributed by atoms with Crippen LogP contribution in [0.3, 0.4) is 0 Å². The van der Waals surface area contributed by atoms with Crippen LogP contribution in [0.15, 0.2) is 36.4 Å². The number of carbonyl (C=O) groups excluding carboxylic acids is 3. The number of nitrogens with zero attached hydrogens (tertiary/aromatic N) is 3. The van der Waals surface area contributed by atoms with Crippen molar-refractivity contribution < 1.29 is 19.1 Å². The highest BCUT2D eigenvalue weighted by Gasteiger charge is 2.40. The molecule has 0 bridgehead atoms. The molecule has 3 heterocycles. The van der Waals surface area contributed by atoms with Crippen LogP contribution in [0.5, 0.6) is 5.75 Å². The second-order valence-electron chi connectivity index (χ2n) is 9.29. The third-order valence-electron chi connectivity index (χ3n) is 7.06. The van der Waals surface area contributed by atoms with Gasteiger partial charge in [0.1, 0.15) is 11.8 Å². The molecule has 3 amide bonds. The Morgan fingerprint density at radius 1 is 1.00 bits per heavy atom. The topological polar surface area (TPSA) is 82.2 Å². The van der Waals surface area contributed by atoms with Gasteiger partial charge in [-0.25, -0.2) is 0 Å². The van der Waals surface area contributed by atoms with E-state index in [1.54, 1.807) is 23.1 Å². The standard InChI is InChI=1S/C26H28Cl2N4O4/c27-19-5-2-6-20(24(19)28)31-13-11-30(12-14-31)10-3-15-36-22-7-1-4-17-18(22)16-32(26(17)35)21-8-9-23(33)29-25(21)34/h1-2,4-7,21H,3,8-16H2,(H,29,33,34). The van der Waals surface area contributed by atoms with Gasteiger partial charge in [0.25, 0.3) is 5.91 Å². The van der Waals surface area contributed by atoms with Gasteiger partial charge < -0.3 is 14.5 Å². The summed E-state index contributed by atoms with van der Waals surface area (Å²) >= 11 is 12.5. The molecule has 1 unspecified atom stereocenters. The second kappa shape index (κ2) is 10.7. The maximum absolute atomic E-state index is 13.0. The Bertz CT molecular complexity index is 1180. The number of hydrogen-bond acceptors (Lipinski definition) is 6. The number of fused-ring (bicyclic) bond motifs is 1. The van der Waals surface area contributed by atoms with Crippen LogP contribution in [0.4, 0.5) is 5.69 Å². The first-order valence-electron chi connectivity index (χ1n) is 12.2. The number of ether oxygens (including phenoxy) is 1. The van der Waals surface area contributed by atoms with Crippen LogP contribution in [0.2, 0.25) is 10.0 Å². The first-order valence-corrected chi connectivity index (χ1v) is 13.0. The van der Waals surface area contributed by atoms with Crippen molar-refractivity contribution in [2.75, 3.05) is 44.2 Å². The largest absolute Gasteiger partial charge is 0.493 e. The SMILES string of the molecule is O=C1CCC(N2Cc3c(OCCCN4CCN(c5cccc(Cl)c5Cl)CC4)cccc3C2=O)C(=O)N1. The number of hydrogen-bond donors (Lipinski definition) is 1. The fraction of sp³-hybridized carbons (Fsp3) is 0.423. The number of piperidine rings is 1.